The zero-order chi connectivity index (χ0) is 9.97. The number of anilines is 1. The number of aliphatic hydroxyl groups is 1. The molecule has 2 nitrogen and oxygen atoms in total. The maximum atomic E-state index is 9.66. The van der Waals surface area contributed by atoms with Crippen molar-refractivity contribution in [3.8, 4) is 0 Å². The number of aliphatic hydroxyl groups excluding tert-OH is 1. The van der Waals surface area contributed by atoms with E-state index >= 15 is 0 Å². The molecular formula is C12H17NO. The molecule has 0 aromatic heterocycles. The van der Waals surface area contributed by atoms with Gasteiger partial charge in [-0.2, -0.15) is 0 Å². The van der Waals surface area contributed by atoms with Crippen LogP contribution in [0.25, 0.3) is 0 Å². The number of hydrogen-bond donors (Lipinski definition) is 2. The summed E-state index contributed by atoms with van der Waals surface area (Å²) in [6.07, 6.45) is 2.97. The molecule has 1 aromatic carbocycles. The minimum absolute atomic E-state index is 0.171. The topological polar surface area (TPSA) is 32.3 Å². The Morgan fingerprint density at radius 1 is 1.36 bits per heavy atom. The maximum absolute atomic E-state index is 9.66. The Hall–Kier alpha value is -1.02. The summed E-state index contributed by atoms with van der Waals surface area (Å²) in [6, 6.07) is 8.54. The van der Waals surface area contributed by atoms with Gasteiger partial charge in [-0.1, -0.05) is 12.1 Å². The van der Waals surface area contributed by atoms with Gasteiger partial charge in [-0.05, 0) is 43.9 Å². The van der Waals surface area contributed by atoms with Crippen LogP contribution in [-0.4, -0.2) is 17.3 Å². The molecule has 76 valence electrons. The van der Waals surface area contributed by atoms with Crippen molar-refractivity contribution >= 4 is 5.69 Å². The highest BCUT2D eigenvalue weighted by atomic mass is 16.3. The number of aryl methyl sites for hydroxylation is 1. The van der Waals surface area contributed by atoms with Gasteiger partial charge in [0.15, 0.2) is 0 Å². The second-order valence-corrected chi connectivity index (χ2v) is 4.12. The Morgan fingerprint density at radius 2 is 2.21 bits per heavy atom. The highest BCUT2D eigenvalue weighted by Gasteiger charge is 2.24. The van der Waals surface area contributed by atoms with Gasteiger partial charge in [-0.15, -0.1) is 0 Å². The van der Waals surface area contributed by atoms with Crippen molar-refractivity contribution in [2.24, 2.45) is 0 Å². The van der Waals surface area contributed by atoms with Gasteiger partial charge in [-0.25, -0.2) is 0 Å². The van der Waals surface area contributed by atoms with Crippen LogP contribution in [0.15, 0.2) is 24.3 Å². The van der Waals surface area contributed by atoms with Crippen LogP contribution in [0, 0.1) is 6.92 Å². The predicted octanol–water partition coefficient (Wildman–Crippen LogP) is 2.32. The van der Waals surface area contributed by atoms with Crippen LogP contribution in [0.2, 0.25) is 0 Å². The van der Waals surface area contributed by atoms with Gasteiger partial charge < -0.3 is 10.4 Å². The lowest BCUT2D eigenvalue weighted by Crippen LogP contribution is -2.27. The molecular weight excluding hydrogens is 174 g/mol. The lowest BCUT2D eigenvalue weighted by Gasteiger charge is -2.17. The van der Waals surface area contributed by atoms with E-state index in [0.29, 0.717) is 0 Å². The SMILES string of the molecule is Cc1cccc(N[C@H]2CCC[C@H]2O)c1. The maximum Gasteiger partial charge on any atom is 0.0741 e. The van der Waals surface area contributed by atoms with Gasteiger partial charge in [0.05, 0.1) is 12.1 Å². The first kappa shape index (κ1) is 9.53. The van der Waals surface area contributed by atoms with E-state index in [9.17, 15) is 5.11 Å². The van der Waals surface area contributed by atoms with E-state index in [1.165, 1.54) is 5.56 Å². The number of nitrogens with one attached hydrogen (secondary N) is 1. The Morgan fingerprint density at radius 3 is 2.86 bits per heavy atom. The first-order valence-corrected chi connectivity index (χ1v) is 5.27. The lowest BCUT2D eigenvalue weighted by atomic mass is 10.1. The van der Waals surface area contributed by atoms with Crippen LogP contribution in [0.4, 0.5) is 5.69 Å². The van der Waals surface area contributed by atoms with Crippen molar-refractivity contribution < 1.29 is 5.11 Å². The normalized spacial score (nSPS) is 26.4. The summed E-state index contributed by atoms with van der Waals surface area (Å²) < 4.78 is 0. The smallest absolute Gasteiger partial charge is 0.0741 e. The fourth-order valence-corrected chi connectivity index (χ4v) is 2.06. The fraction of sp³-hybridized carbons (Fsp3) is 0.500. The summed E-state index contributed by atoms with van der Waals surface area (Å²) >= 11 is 0. The molecule has 0 bridgehead atoms. The molecule has 0 unspecified atom stereocenters. The highest BCUT2D eigenvalue weighted by Crippen LogP contribution is 2.23. The van der Waals surface area contributed by atoms with Crippen molar-refractivity contribution in [2.45, 2.75) is 38.3 Å². The van der Waals surface area contributed by atoms with Crippen LogP contribution in [0.5, 0.6) is 0 Å². The molecule has 0 aliphatic heterocycles. The summed E-state index contributed by atoms with van der Waals surface area (Å²) in [4.78, 5) is 0. The first-order valence-electron chi connectivity index (χ1n) is 5.27. The largest absolute Gasteiger partial charge is 0.391 e. The molecule has 1 aliphatic rings. The molecule has 2 atom stereocenters. The van der Waals surface area contributed by atoms with Crippen molar-refractivity contribution in [2.75, 3.05) is 5.32 Å². The number of hydrogen-bond acceptors (Lipinski definition) is 2. The van der Waals surface area contributed by atoms with Gasteiger partial charge in [0.1, 0.15) is 0 Å². The van der Waals surface area contributed by atoms with Crippen LogP contribution in [0.1, 0.15) is 24.8 Å². The van der Waals surface area contributed by atoms with Crippen LogP contribution in [0.3, 0.4) is 0 Å². The standard InChI is InChI=1S/C12H17NO/c1-9-4-2-5-10(8-9)13-11-6-3-7-12(11)14/h2,4-5,8,11-14H,3,6-7H2,1H3/t11-,12+/m0/s1. The van der Waals surface area contributed by atoms with Crippen molar-refractivity contribution in [1.29, 1.82) is 0 Å². The highest BCUT2D eigenvalue weighted by molar-refractivity contribution is 5.46. The molecule has 2 rings (SSSR count). The van der Waals surface area contributed by atoms with E-state index in [2.05, 4.69) is 30.4 Å². The Labute approximate surface area is 85.0 Å². The van der Waals surface area contributed by atoms with Crippen molar-refractivity contribution in [3.05, 3.63) is 29.8 Å². The van der Waals surface area contributed by atoms with Crippen LogP contribution in [-0.2, 0) is 0 Å². The minimum Gasteiger partial charge on any atom is -0.391 e. The Kier molecular flexibility index (Phi) is 2.73. The summed E-state index contributed by atoms with van der Waals surface area (Å²) in [6.45, 7) is 2.08. The summed E-state index contributed by atoms with van der Waals surface area (Å²) in [5.74, 6) is 0. The second-order valence-electron chi connectivity index (χ2n) is 4.12. The van der Waals surface area contributed by atoms with Gasteiger partial charge in [0.2, 0.25) is 0 Å². The van der Waals surface area contributed by atoms with E-state index in [4.69, 9.17) is 0 Å². The molecule has 1 fully saturated rings. The molecule has 2 N–H and O–H groups in total. The second kappa shape index (κ2) is 4.01. The Balaban J connectivity index is 2.03. The molecule has 0 amide bonds. The minimum atomic E-state index is -0.171. The summed E-state index contributed by atoms with van der Waals surface area (Å²) in [7, 11) is 0. The van der Waals surface area contributed by atoms with Gasteiger partial charge in [-0.3, -0.25) is 0 Å². The van der Waals surface area contributed by atoms with Gasteiger partial charge in [0, 0.05) is 5.69 Å². The first-order chi connectivity index (χ1) is 6.75. The quantitative estimate of drug-likeness (QED) is 0.752. The number of rotatable bonds is 2. The van der Waals surface area contributed by atoms with Crippen LogP contribution >= 0.6 is 0 Å². The zero-order valence-corrected chi connectivity index (χ0v) is 8.53. The molecule has 0 spiro atoms. The van der Waals surface area contributed by atoms with E-state index in [1.54, 1.807) is 0 Å². The monoisotopic (exact) mass is 191 g/mol. The molecule has 1 saturated carbocycles. The van der Waals surface area contributed by atoms with E-state index in [0.717, 1.165) is 24.9 Å². The van der Waals surface area contributed by atoms with Crippen molar-refractivity contribution in [1.82, 2.24) is 0 Å². The van der Waals surface area contributed by atoms with E-state index in [-0.39, 0.29) is 12.1 Å². The third kappa shape index (κ3) is 2.07. The Bertz CT molecular complexity index is 311. The number of benzene rings is 1. The molecule has 0 radical (unpaired) electrons. The molecule has 0 heterocycles. The fourth-order valence-electron chi connectivity index (χ4n) is 2.06. The average Bonchev–Trinajstić information content (AvgIpc) is 2.52. The lowest BCUT2D eigenvalue weighted by molar-refractivity contribution is 0.172. The van der Waals surface area contributed by atoms with Crippen LogP contribution < -0.4 is 5.32 Å². The molecule has 14 heavy (non-hydrogen) atoms. The third-order valence-corrected chi connectivity index (χ3v) is 2.85. The third-order valence-electron chi connectivity index (χ3n) is 2.85. The summed E-state index contributed by atoms with van der Waals surface area (Å²) in [5.41, 5.74) is 2.37. The van der Waals surface area contributed by atoms with E-state index in [1.807, 2.05) is 6.07 Å². The zero-order valence-electron chi connectivity index (χ0n) is 8.53. The predicted molar refractivity (Wildman–Crippen MR) is 58.4 cm³/mol. The van der Waals surface area contributed by atoms with Gasteiger partial charge in [0.25, 0.3) is 0 Å². The van der Waals surface area contributed by atoms with Gasteiger partial charge >= 0.3 is 0 Å². The average molecular weight is 191 g/mol. The molecule has 1 aliphatic carbocycles. The molecule has 1 aromatic rings. The molecule has 0 saturated heterocycles. The summed E-state index contributed by atoms with van der Waals surface area (Å²) in [5, 5.41) is 13.0. The van der Waals surface area contributed by atoms with E-state index < -0.39 is 0 Å². The van der Waals surface area contributed by atoms with Crippen molar-refractivity contribution in [3.63, 3.8) is 0 Å². The molecule has 2 heteroatoms.